The van der Waals surface area contributed by atoms with Crippen LogP contribution < -0.4 is 27.4 Å². The molecule has 0 bridgehead atoms. The Kier molecular flexibility index (Phi) is 13.2. The quantitative estimate of drug-likeness (QED) is 0.119. The molecule has 0 aromatic heterocycles. The Hall–Kier alpha value is -2.77. The summed E-state index contributed by atoms with van der Waals surface area (Å²) in [7, 11) is 0. The molecule has 13 nitrogen and oxygen atoms in total. The summed E-state index contributed by atoms with van der Waals surface area (Å²) >= 11 is 0. The number of unbranched alkanes of at least 4 members (excludes halogenated alkanes) is 1. The number of carbonyl (C=O) groups is 5. The van der Waals surface area contributed by atoms with Crippen LogP contribution in [0.5, 0.6) is 0 Å². The molecule has 1 heterocycles. The van der Waals surface area contributed by atoms with Crippen molar-refractivity contribution in [3.8, 4) is 0 Å². The highest BCUT2D eigenvalue weighted by molar-refractivity contribution is 5.94. The summed E-state index contributed by atoms with van der Waals surface area (Å²) in [6, 6.07) is -3.93. The van der Waals surface area contributed by atoms with E-state index in [4.69, 9.17) is 21.7 Å². The minimum atomic E-state index is -1.49. The van der Waals surface area contributed by atoms with E-state index in [1.807, 2.05) is 6.92 Å². The first-order valence-electron chi connectivity index (χ1n) is 12.0. The van der Waals surface area contributed by atoms with Crippen LogP contribution in [0.25, 0.3) is 0 Å². The first kappa shape index (κ1) is 30.3. The van der Waals surface area contributed by atoms with Crippen molar-refractivity contribution in [3.05, 3.63) is 0 Å². The van der Waals surface area contributed by atoms with E-state index in [1.165, 1.54) is 4.90 Å². The lowest BCUT2D eigenvalue weighted by Gasteiger charge is -2.30. The van der Waals surface area contributed by atoms with Crippen molar-refractivity contribution in [2.75, 3.05) is 26.2 Å². The fourth-order valence-electron chi connectivity index (χ4n) is 3.81. The topological polar surface area (TPSA) is 217 Å². The minimum Gasteiger partial charge on any atom is -0.480 e. The smallest absolute Gasteiger partial charge is 0.328 e. The first-order chi connectivity index (χ1) is 16.6. The third kappa shape index (κ3) is 9.42. The van der Waals surface area contributed by atoms with Gasteiger partial charge in [-0.2, -0.15) is 0 Å². The maximum Gasteiger partial charge on any atom is 0.328 e. The number of carboxylic acids is 1. The Balaban J connectivity index is 2.77. The predicted octanol–water partition coefficient (Wildman–Crippen LogP) is -2.36. The molecule has 5 atom stereocenters. The van der Waals surface area contributed by atoms with Gasteiger partial charge in [-0.15, -0.1) is 0 Å². The zero-order chi connectivity index (χ0) is 26.5. The van der Waals surface area contributed by atoms with E-state index >= 15 is 0 Å². The number of carboxylic acid groups (broad SMARTS) is 1. The highest BCUT2D eigenvalue weighted by atomic mass is 16.4. The number of aliphatic hydroxyl groups excluding tert-OH is 1. The van der Waals surface area contributed by atoms with E-state index in [2.05, 4.69) is 16.0 Å². The second-order valence-electron chi connectivity index (χ2n) is 8.81. The average Bonchev–Trinajstić information content (AvgIpc) is 3.33. The van der Waals surface area contributed by atoms with Crippen molar-refractivity contribution in [2.24, 2.45) is 17.4 Å². The summed E-state index contributed by atoms with van der Waals surface area (Å²) < 4.78 is 0. The normalized spacial score (nSPS) is 18.8. The zero-order valence-electron chi connectivity index (χ0n) is 20.5. The molecule has 200 valence electrons. The Labute approximate surface area is 205 Å². The van der Waals surface area contributed by atoms with Crippen LogP contribution in [0, 0.1) is 5.92 Å². The summed E-state index contributed by atoms with van der Waals surface area (Å²) in [6.45, 7) is 3.19. The van der Waals surface area contributed by atoms with Gasteiger partial charge in [-0.25, -0.2) is 4.79 Å². The molecule has 1 aliphatic heterocycles. The number of nitrogens with one attached hydrogen (secondary N) is 3. The van der Waals surface area contributed by atoms with Crippen LogP contribution in [-0.4, -0.2) is 95.1 Å². The molecule has 1 fully saturated rings. The Morgan fingerprint density at radius 2 is 1.83 bits per heavy atom. The number of likely N-dealkylation sites (tertiary alicyclic amines) is 1. The van der Waals surface area contributed by atoms with Gasteiger partial charge in [-0.3, -0.25) is 19.2 Å². The molecule has 0 aromatic rings. The van der Waals surface area contributed by atoms with Crippen molar-refractivity contribution >= 4 is 29.6 Å². The molecule has 0 radical (unpaired) electrons. The van der Waals surface area contributed by atoms with Gasteiger partial charge in [-0.05, 0) is 38.1 Å². The number of hydrogen-bond donors (Lipinski definition) is 7. The summed E-state index contributed by atoms with van der Waals surface area (Å²) in [5, 5.41) is 25.1. The zero-order valence-corrected chi connectivity index (χ0v) is 20.5. The number of aliphatic hydroxyl groups is 1. The van der Waals surface area contributed by atoms with Gasteiger partial charge in [0.05, 0.1) is 19.2 Å². The molecule has 0 spiro atoms. The summed E-state index contributed by atoms with van der Waals surface area (Å²) in [5.74, 6) is -3.89. The highest BCUT2D eigenvalue weighted by Crippen LogP contribution is 2.20. The predicted molar refractivity (Wildman–Crippen MR) is 127 cm³/mol. The molecule has 9 N–H and O–H groups in total. The van der Waals surface area contributed by atoms with Crippen LogP contribution >= 0.6 is 0 Å². The number of nitrogens with two attached hydrogens (primary N) is 2. The molecule has 0 aromatic carbocycles. The Bertz CT molecular complexity index is 750. The molecule has 0 saturated carbocycles. The second kappa shape index (κ2) is 15.3. The fraction of sp³-hybridized carbons (Fsp3) is 0.773. The van der Waals surface area contributed by atoms with Gasteiger partial charge in [0.25, 0.3) is 0 Å². The van der Waals surface area contributed by atoms with Crippen molar-refractivity contribution in [1.29, 1.82) is 0 Å². The van der Waals surface area contributed by atoms with Gasteiger partial charge in [0.1, 0.15) is 18.1 Å². The van der Waals surface area contributed by atoms with Crippen molar-refractivity contribution in [2.45, 2.75) is 76.5 Å². The number of carbonyl (C=O) groups excluding carboxylic acids is 4. The first-order valence-corrected chi connectivity index (χ1v) is 12.0. The van der Waals surface area contributed by atoms with Crippen LogP contribution in [0.1, 0.15) is 52.4 Å². The molecule has 1 rings (SSSR count). The van der Waals surface area contributed by atoms with Gasteiger partial charge >= 0.3 is 5.97 Å². The van der Waals surface area contributed by atoms with Crippen LogP contribution in [0.4, 0.5) is 0 Å². The fourth-order valence-corrected chi connectivity index (χ4v) is 3.81. The maximum absolute atomic E-state index is 13.1. The summed E-state index contributed by atoms with van der Waals surface area (Å²) in [4.78, 5) is 63.0. The summed E-state index contributed by atoms with van der Waals surface area (Å²) in [5.41, 5.74) is 11.5. The van der Waals surface area contributed by atoms with E-state index in [-0.39, 0.29) is 11.8 Å². The van der Waals surface area contributed by atoms with Gasteiger partial charge in [0, 0.05) is 6.54 Å². The third-order valence-corrected chi connectivity index (χ3v) is 6.16. The largest absolute Gasteiger partial charge is 0.480 e. The van der Waals surface area contributed by atoms with Crippen molar-refractivity contribution in [1.82, 2.24) is 20.9 Å². The molecule has 35 heavy (non-hydrogen) atoms. The third-order valence-electron chi connectivity index (χ3n) is 6.16. The van der Waals surface area contributed by atoms with Crippen LogP contribution in [0.3, 0.4) is 0 Å². The molecule has 13 heteroatoms. The lowest BCUT2D eigenvalue weighted by atomic mass is 9.97. The van der Waals surface area contributed by atoms with Crippen LogP contribution in [-0.2, 0) is 24.0 Å². The standard InChI is InChI=1S/C22H40N6O7/c1-3-13(2)18(20(32)25-11-17(30)26-15(12-29)22(34)35)27-19(31)16-8-6-10-28(16)21(33)14(24)7-4-5-9-23/h13-16,18,29H,3-12,23-24H2,1-2H3,(H,25,32)(H,26,30)(H,27,31)(H,34,35)/t13-,14-,15-,16-,18-/m0/s1. The van der Waals surface area contributed by atoms with E-state index in [9.17, 15) is 24.0 Å². The summed E-state index contributed by atoms with van der Waals surface area (Å²) in [6.07, 6.45) is 3.57. The molecular formula is C22H40N6O7. The lowest BCUT2D eigenvalue weighted by molar-refractivity contribution is -0.143. The number of amides is 4. The lowest BCUT2D eigenvalue weighted by Crippen LogP contribution is -2.57. The Morgan fingerprint density at radius 1 is 1.14 bits per heavy atom. The molecule has 1 aliphatic rings. The molecule has 0 aliphatic carbocycles. The van der Waals surface area contributed by atoms with E-state index in [0.717, 1.165) is 6.42 Å². The van der Waals surface area contributed by atoms with Crippen molar-refractivity contribution < 1.29 is 34.2 Å². The molecule has 0 unspecified atom stereocenters. The molecular weight excluding hydrogens is 460 g/mol. The maximum atomic E-state index is 13.1. The number of nitrogens with zero attached hydrogens (tertiary/aromatic N) is 1. The second-order valence-corrected chi connectivity index (χ2v) is 8.81. The van der Waals surface area contributed by atoms with Gasteiger partial charge in [0.2, 0.25) is 23.6 Å². The van der Waals surface area contributed by atoms with Gasteiger partial charge in [0.15, 0.2) is 0 Å². The van der Waals surface area contributed by atoms with E-state index in [0.29, 0.717) is 45.2 Å². The minimum absolute atomic E-state index is 0.282. The van der Waals surface area contributed by atoms with E-state index < -0.39 is 61.0 Å². The van der Waals surface area contributed by atoms with E-state index in [1.54, 1.807) is 6.92 Å². The van der Waals surface area contributed by atoms with Gasteiger partial charge in [-0.1, -0.05) is 26.7 Å². The molecule has 4 amide bonds. The number of rotatable bonds is 15. The highest BCUT2D eigenvalue weighted by Gasteiger charge is 2.38. The number of aliphatic carboxylic acids is 1. The SMILES string of the molecule is CC[C@H](C)[C@H](NC(=O)[C@@H]1CCCN1C(=O)[C@@H](N)CCCCN)C(=O)NCC(=O)N[C@@H](CO)C(=O)O. The molecule has 1 saturated heterocycles. The number of hydrogen-bond acceptors (Lipinski definition) is 8. The Morgan fingerprint density at radius 3 is 2.40 bits per heavy atom. The van der Waals surface area contributed by atoms with Crippen LogP contribution in [0.2, 0.25) is 0 Å². The monoisotopic (exact) mass is 500 g/mol. The van der Waals surface area contributed by atoms with Crippen molar-refractivity contribution in [3.63, 3.8) is 0 Å². The van der Waals surface area contributed by atoms with Gasteiger partial charge < -0.3 is 42.5 Å². The van der Waals surface area contributed by atoms with Crippen LogP contribution in [0.15, 0.2) is 0 Å². The average molecular weight is 501 g/mol.